The third-order valence-electron chi connectivity index (χ3n) is 5.70. The minimum absolute atomic E-state index is 0.226. The van der Waals surface area contributed by atoms with Gasteiger partial charge in [-0.15, -0.1) is 0 Å². The first-order valence-corrected chi connectivity index (χ1v) is 8.80. The Bertz CT molecular complexity index is 374. The molecule has 21 heavy (non-hydrogen) atoms. The van der Waals surface area contributed by atoms with E-state index in [2.05, 4.69) is 32.6 Å². The Morgan fingerprint density at radius 3 is 2.48 bits per heavy atom. The molecule has 122 valence electrons. The number of nitrogens with zero attached hydrogens (tertiary/aromatic N) is 1. The molecule has 1 aliphatic heterocycles. The second kappa shape index (κ2) is 6.28. The van der Waals surface area contributed by atoms with E-state index in [9.17, 15) is 4.79 Å². The van der Waals surface area contributed by atoms with Crippen molar-refractivity contribution in [1.82, 2.24) is 4.90 Å². The van der Waals surface area contributed by atoms with Gasteiger partial charge in [0.1, 0.15) is 0 Å². The van der Waals surface area contributed by atoms with E-state index in [4.69, 9.17) is 5.73 Å². The highest BCUT2D eigenvalue weighted by molar-refractivity contribution is 5.86. The monoisotopic (exact) mass is 294 g/mol. The predicted molar refractivity (Wildman–Crippen MR) is 87.9 cm³/mol. The Balaban J connectivity index is 2.00. The van der Waals surface area contributed by atoms with Crippen LogP contribution < -0.4 is 5.73 Å². The minimum atomic E-state index is -0.584. The molecule has 0 aromatic heterocycles. The van der Waals surface area contributed by atoms with Crippen molar-refractivity contribution in [3.63, 3.8) is 0 Å². The zero-order valence-electron chi connectivity index (χ0n) is 14.5. The van der Waals surface area contributed by atoms with Gasteiger partial charge in [-0.2, -0.15) is 0 Å². The van der Waals surface area contributed by atoms with Crippen LogP contribution in [-0.2, 0) is 4.79 Å². The van der Waals surface area contributed by atoms with Crippen LogP contribution in [0.2, 0.25) is 0 Å². The summed E-state index contributed by atoms with van der Waals surface area (Å²) in [6.07, 6.45) is 7.54. The number of amides is 1. The Hall–Kier alpha value is -0.570. The van der Waals surface area contributed by atoms with Gasteiger partial charge in [-0.25, -0.2) is 0 Å². The molecular formula is C18H34N2O. The summed E-state index contributed by atoms with van der Waals surface area (Å²) in [4.78, 5) is 15.0. The lowest BCUT2D eigenvalue weighted by Gasteiger charge is -2.39. The van der Waals surface area contributed by atoms with Gasteiger partial charge in [0.25, 0.3) is 0 Å². The highest BCUT2D eigenvalue weighted by Gasteiger charge is 2.41. The second-order valence-corrected chi connectivity index (χ2v) is 8.64. The molecule has 1 saturated carbocycles. The lowest BCUT2D eigenvalue weighted by atomic mass is 9.76. The van der Waals surface area contributed by atoms with Crippen LogP contribution in [-0.4, -0.2) is 29.4 Å². The van der Waals surface area contributed by atoms with E-state index in [1.807, 2.05) is 0 Å². The molecule has 0 aromatic rings. The zero-order chi connectivity index (χ0) is 15.7. The van der Waals surface area contributed by atoms with Crippen LogP contribution in [0, 0.1) is 17.3 Å². The van der Waals surface area contributed by atoms with Crippen molar-refractivity contribution in [2.75, 3.05) is 13.1 Å². The Kier molecular flexibility index (Phi) is 5.02. The summed E-state index contributed by atoms with van der Waals surface area (Å²) in [5.74, 6) is 1.53. The Morgan fingerprint density at radius 2 is 1.86 bits per heavy atom. The lowest BCUT2D eigenvalue weighted by molar-refractivity contribution is -0.138. The second-order valence-electron chi connectivity index (χ2n) is 8.64. The summed E-state index contributed by atoms with van der Waals surface area (Å²) in [6.45, 7) is 11.0. The smallest absolute Gasteiger partial charge is 0.242 e. The van der Waals surface area contributed by atoms with E-state index in [0.717, 1.165) is 45.2 Å². The van der Waals surface area contributed by atoms with E-state index >= 15 is 0 Å². The summed E-state index contributed by atoms with van der Waals surface area (Å²) < 4.78 is 0. The Labute approximate surface area is 130 Å². The van der Waals surface area contributed by atoms with Crippen LogP contribution in [0.15, 0.2) is 0 Å². The third-order valence-corrected chi connectivity index (χ3v) is 5.70. The molecule has 1 heterocycles. The van der Waals surface area contributed by atoms with Gasteiger partial charge in [0, 0.05) is 13.1 Å². The first-order chi connectivity index (χ1) is 9.72. The van der Waals surface area contributed by atoms with Gasteiger partial charge < -0.3 is 10.6 Å². The normalized spacial score (nSPS) is 35.4. The molecule has 2 rings (SSSR count). The first kappa shape index (κ1) is 16.8. The molecule has 2 fully saturated rings. The van der Waals surface area contributed by atoms with E-state index in [1.54, 1.807) is 0 Å². The van der Waals surface area contributed by atoms with Crippen molar-refractivity contribution < 1.29 is 4.79 Å². The van der Waals surface area contributed by atoms with Gasteiger partial charge in [-0.1, -0.05) is 40.5 Å². The molecule has 1 amide bonds. The Morgan fingerprint density at radius 1 is 1.14 bits per heavy atom. The molecule has 2 N–H and O–H groups in total. The van der Waals surface area contributed by atoms with Crippen LogP contribution in [0.25, 0.3) is 0 Å². The van der Waals surface area contributed by atoms with Crippen LogP contribution in [0.1, 0.15) is 72.6 Å². The molecule has 1 aliphatic carbocycles. The summed E-state index contributed by atoms with van der Waals surface area (Å²) in [7, 11) is 0. The lowest BCUT2D eigenvalue weighted by Crippen LogP contribution is -2.57. The number of rotatable bonds is 1. The molecule has 3 nitrogen and oxygen atoms in total. The predicted octanol–water partition coefficient (Wildman–Crippen LogP) is 3.57. The summed E-state index contributed by atoms with van der Waals surface area (Å²) in [6, 6.07) is 0. The molecule has 3 unspecified atom stereocenters. The van der Waals surface area contributed by atoms with Gasteiger partial charge in [-0.3, -0.25) is 4.79 Å². The average Bonchev–Trinajstić information content (AvgIpc) is 2.62. The van der Waals surface area contributed by atoms with Gasteiger partial charge >= 0.3 is 0 Å². The highest BCUT2D eigenvalue weighted by atomic mass is 16.2. The number of hydrogen-bond acceptors (Lipinski definition) is 2. The van der Waals surface area contributed by atoms with E-state index in [0.29, 0.717) is 17.3 Å². The van der Waals surface area contributed by atoms with Gasteiger partial charge in [0.05, 0.1) is 5.54 Å². The average molecular weight is 294 g/mol. The topological polar surface area (TPSA) is 46.3 Å². The number of likely N-dealkylation sites (tertiary alicyclic amines) is 1. The van der Waals surface area contributed by atoms with E-state index in [1.165, 1.54) is 12.8 Å². The van der Waals surface area contributed by atoms with Crippen molar-refractivity contribution in [1.29, 1.82) is 0 Å². The van der Waals surface area contributed by atoms with Gasteiger partial charge in [-0.05, 0) is 49.4 Å². The molecule has 3 atom stereocenters. The molecular weight excluding hydrogens is 260 g/mol. The first-order valence-electron chi connectivity index (χ1n) is 8.80. The van der Waals surface area contributed by atoms with Crippen LogP contribution >= 0.6 is 0 Å². The van der Waals surface area contributed by atoms with Crippen molar-refractivity contribution in [2.45, 2.75) is 78.2 Å². The van der Waals surface area contributed by atoms with E-state index in [-0.39, 0.29) is 5.91 Å². The largest absolute Gasteiger partial charge is 0.341 e. The summed E-state index contributed by atoms with van der Waals surface area (Å²) >= 11 is 0. The van der Waals surface area contributed by atoms with Crippen molar-refractivity contribution in [3.8, 4) is 0 Å². The van der Waals surface area contributed by atoms with Gasteiger partial charge in [0.2, 0.25) is 5.91 Å². The molecule has 2 aliphatic rings. The summed E-state index contributed by atoms with van der Waals surface area (Å²) in [5, 5.41) is 0. The van der Waals surface area contributed by atoms with Crippen LogP contribution in [0.5, 0.6) is 0 Å². The maximum atomic E-state index is 12.9. The molecule has 0 bridgehead atoms. The minimum Gasteiger partial charge on any atom is -0.341 e. The van der Waals surface area contributed by atoms with Crippen LogP contribution in [0.4, 0.5) is 0 Å². The summed E-state index contributed by atoms with van der Waals surface area (Å²) in [5.41, 5.74) is 6.27. The fourth-order valence-corrected chi connectivity index (χ4v) is 4.27. The number of carbonyl (C=O) groups excluding carboxylic acids is 1. The quantitative estimate of drug-likeness (QED) is 0.803. The fraction of sp³-hybridized carbons (Fsp3) is 0.944. The standard InChI is InChI=1S/C18H34N2O/c1-14-7-5-10-18(19,13-14)16(21)20-11-6-8-15(9-12-20)17(2,3)4/h14-15H,5-13,19H2,1-4H3. The van der Waals surface area contributed by atoms with Crippen molar-refractivity contribution in [3.05, 3.63) is 0 Å². The molecule has 3 heteroatoms. The number of carbonyl (C=O) groups is 1. The maximum Gasteiger partial charge on any atom is 0.242 e. The van der Waals surface area contributed by atoms with E-state index < -0.39 is 5.54 Å². The zero-order valence-corrected chi connectivity index (χ0v) is 14.5. The highest BCUT2D eigenvalue weighted by Crippen LogP contribution is 2.36. The molecule has 1 saturated heterocycles. The van der Waals surface area contributed by atoms with Crippen molar-refractivity contribution >= 4 is 5.91 Å². The van der Waals surface area contributed by atoms with Crippen molar-refractivity contribution in [2.24, 2.45) is 23.0 Å². The number of hydrogen-bond donors (Lipinski definition) is 1. The SMILES string of the molecule is CC1CCCC(N)(C(=O)N2CCCC(C(C)(C)C)CC2)C1. The third kappa shape index (κ3) is 4.00. The molecule has 0 spiro atoms. The maximum absolute atomic E-state index is 12.9. The molecule has 0 radical (unpaired) electrons. The fourth-order valence-electron chi connectivity index (χ4n) is 4.27. The van der Waals surface area contributed by atoms with Crippen LogP contribution in [0.3, 0.4) is 0 Å². The van der Waals surface area contributed by atoms with Gasteiger partial charge in [0.15, 0.2) is 0 Å². The molecule has 0 aromatic carbocycles. The number of nitrogens with two attached hydrogens (primary N) is 1.